The molecule has 3 rings (SSSR count). The molecule has 2 fully saturated rings. The third-order valence-electron chi connectivity index (χ3n) is 4.31. The Labute approximate surface area is 148 Å². The predicted octanol–water partition coefficient (Wildman–Crippen LogP) is 1.15. The van der Waals surface area contributed by atoms with E-state index in [0.717, 1.165) is 15.8 Å². The van der Waals surface area contributed by atoms with Crippen LogP contribution in [0.2, 0.25) is 0 Å². The molecule has 7 nitrogen and oxygen atoms in total. The minimum atomic E-state index is -0.365. The lowest BCUT2D eigenvalue weighted by Crippen LogP contribution is -2.62. The zero-order chi connectivity index (χ0) is 17.3. The van der Waals surface area contributed by atoms with E-state index < -0.39 is 0 Å². The molecule has 0 aliphatic carbocycles. The van der Waals surface area contributed by atoms with Gasteiger partial charge in [-0.05, 0) is 30.2 Å². The van der Waals surface area contributed by atoms with Crippen LogP contribution in [0.4, 0.5) is 4.79 Å². The van der Waals surface area contributed by atoms with Crippen LogP contribution < -0.4 is 10.1 Å². The van der Waals surface area contributed by atoms with Gasteiger partial charge in [-0.3, -0.25) is 14.5 Å². The number of halogens is 1. The maximum atomic E-state index is 12.3. The first-order valence-corrected chi connectivity index (χ1v) is 8.49. The monoisotopic (exact) mass is 395 g/mol. The number of carbonyl (C=O) groups is 3. The Bertz CT molecular complexity index is 672. The second-order valence-electron chi connectivity index (χ2n) is 5.83. The van der Waals surface area contributed by atoms with Gasteiger partial charge < -0.3 is 15.0 Å². The molecule has 24 heavy (non-hydrogen) atoms. The van der Waals surface area contributed by atoms with E-state index in [1.165, 1.54) is 4.90 Å². The van der Waals surface area contributed by atoms with Crippen molar-refractivity contribution in [3.63, 3.8) is 0 Å². The normalized spacial score (nSPS) is 17.8. The van der Waals surface area contributed by atoms with E-state index >= 15 is 0 Å². The molecular weight excluding hydrogens is 378 g/mol. The number of hydrogen-bond acceptors (Lipinski definition) is 4. The number of nitrogens with zero attached hydrogens (tertiary/aromatic N) is 2. The molecule has 128 valence electrons. The molecule has 0 aromatic heterocycles. The Balaban J connectivity index is 1.52. The van der Waals surface area contributed by atoms with Crippen molar-refractivity contribution in [3.8, 4) is 5.75 Å². The van der Waals surface area contributed by atoms with Crippen molar-refractivity contribution in [1.82, 2.24) is 15.1 Å². The number of benzene rings is 1. The fourth-order valence-corrected chi connectivity index (χ4v) is 3.38. The van der Waals surface area contributed by atoms with Gasteiger partial charge in [-0.15, -0.1) is 0 Å². The van der Waals surface area contributed by atoms with Gasteiger partial charge in [0.05, 0.1) is 19.7 Å². The third-order valence-corrected chi connectivity index (χ3v) is 4.80. The van der Waals surface area contributed by atoms with Crippen LogP contribution in [0.3, 0.4) is 0 Å². The fraction of sp³-hybridized carbons (Fsp3) is 0.438. The summed E-state index contributed by atoms with van der Waals surface area (Å²) in [7, 11) is 1.60. The maximum absolute atomic E-state index is 12.3. The predicted molar refractivity (Wildman–Crippen MR) is 89.6 cm³/mol. The molecule has 0 atom stereocenters. The molecule has 1 aromatic rings. The van der Waals surface area contributed by atoms with E-state index in [4.69, 9.17) is 4.74 Å². The first-order chi connectivity index (χ1) is 11.5. The van der Waals surface area contributed by atoms with E-state index in [2.05, 4.69) is 21.2 Å². The maximum Gasteiger partial charge on any atom is 0.324 e. The summed E-state index contributed by atoms with van der Waals surface area (Å²) >= 11 is 3.42. The molecule has 2 heterocycles. The number of amides is 4. The number of aryl methyl sites for hydroxylation is 1. The molecular formula is C16H18BrN3O4. The average Bonchev–Trinajstić information content (AvgIpc) is 2.84. The Kier molecular flexibility index (Phi) is 4.75. The molecule has 0 unspecified atom stereocenters. The lowest BCUT2D eigenvalue weighted by Gasteiger charge is -2.42. The van der Waals surface area contributed by atoms with Crippen molar-refractivity contribution in [2.75, 3.05) is 26.7 Å². The molecule has 0 saturated carbocycles. The van der Waals surface area contributed by atoms with Crippen LogP contribution in [0.5, 0.6) is 5.75 Å². The van der Waals surface area contributed by atoms with Crippen LogP contribution in [-0.4, -0.2) is 60.4 Å². The minimum absolute atomic E-state index is 0.0142. The van der Waals surface area contributed by atoms with Crippen molar-refractivity contribution in [2.24, 2.45) is 0 Å². The summed E-state index contributed by atoms with van der Waals surface area (Å²) in [6, 6.07) is 5.13. The highest BCUT2D eigenvalue weighted by atomic mass is 79.9. The quantitative estimate of drug-likeness (QED) is 0.758. The molecule has 2 saturated heterocycles. The van der Waals surface area contributed by atoms with Gasteiger partial charge in [-0.25, -0.2) is 4.79 Å². The number of imide groups is 1. The lowest BCUT2D eigenvalue weighted by molar-refractivity contribution is -0.142. The SMILES string of the molecule is COc1ccc(Br)cc1CCC(=O)N1CC(N2C(=O)CNC2=O)C1. The van der Waals surface area contributed by atoms with E-state index in [9.17, 15) is 14.4 Å². The molecule has 8 heteroatoms. The summed E-state index contributed by atoms with van der Waals surface area (Å²) in [6.07, 6.45) is 0.936. The van der Waals surface area contributed by atoms with Crippen molar-refractivity contribution in [3.05, 3.63) is 28.2 Å². The summed E-state index contributed by atoms with van der Waals surface area (Å²) in [5.41, 5.74) is 0.964. The number of urea groups is 1. The highest BCUT2D eigenvalue weighted by Crippen LogP contribution is 2.25. The first-order valence-electron chi connectivity index (χ1n) is 7.69. The Morgan fingerprint density at radius 2 is 2.12 bits per heavy atom. The van der Waals surface area contributed by atoms with Gasteiger partial charge in [0.2, 0.25) is 11.8 Å². The van der Waals surface area contributed by atoms with Crippen molar-refractivity contribution >= 4 is 33.8 Å². The second kappa shape index (κ2) is 6.80. The summed E-state index contributed by atoms with van der Waals surface area (Å²) < 4.78 is 6.25. The molecule has 1 N–H and O–H groups in total. The van der Waals surface area contributed by atoms with Crippen LogP contribution in [0.1, 0.15) is 12.0 Å². The molecule has 0 spiro atoms. The molecule has 0 radical (unpaired) electrons. The van der Waals surface area contributed by atoms with Crippen molar-refractivity contribution in [1.29, 1.82) is 0 Å². The number of methoxy groups -OCH3 is 1. The van der Waals surface area contributed by atoms with Gasteiger partial charge >= 0.3 is 6.03 Å². The van der Waals surface area contributed by atoms with E-state index in [1.54, 1.807) is 12.0 Å². The largest absolute Gasteiger partial charge is 0.496 e. The number of carbonyl (C=O) groups excluding carboxylic acids is 3. The topological polar surface area (TPSA) is 79.0 Å². The van der Waals surface area contributed by atoms with E-state index in [-0.39, 0.29) is 30.4 Å². The molecule has 0 bridgehead atoms. The number of hydrogen-bond donors (Lipinski definition) is 1. The van der Waals surface area contributed by atoms with Gasteiger partial charge in [0, 0.05) is 24.0 Å². The zero-order valence-corrected chi connectivity index (χ0v) is 14.8. The molecule has 1 aromatic carbocycles. The van der Waals surface area contributed by atoms with E-state index in [0.29, 0.717) is 25.9 Å². The van der Waals surface area contributed by atoms with Crippen LogP contribution in [0, 0.1) is 0 Å². The van der Waals surface area contributed by atoms with Crippen LogP contribution in [-0.2, 0) is 16.0 Å². The number of rotatable bonds is 5. The van der Waals surface area contributed by atoms with Gasteiger partial charge in [0.1, 0.15) is 5.75 Å². The highest BCUT2D eigenvalue weighted by molar-refractivity contribution is 9.10. The average molecular weight is 396 g/mol. The van der Waals surface area contributed by atoms with E-state index in [1.807, 2.05) is 18.2 Å². The summed E-state index contributed by atoms with van der Waals surface area (Å²) in [6.45, 7) is 0.868. The van der Waals surface area contributed by atoms with Crippen molar-refractivity contribution in [2.45, 2.75) is 18.9 Å². The summed E-state index contributed by atoms with van der Waals surface area (Å²) in [4.78, 5) is 38.4. The second-order valence-corrected chi connectivity index (χ2v) is 6.75. The van der Waals surface area contributed by atoms with Gasteiger partial charge in [-0.2, -0.15) is 0 Å². The summed E-state index contributed by atoms with van der Waals surface area (Å²) in [5, 5.41) is 2.49. The van der Waals surface area contributed by atoms with Crippen LogP contribution >= 0.6 is 15.9 Å². The molecule has 4 amide bonds. The molecule has 2 aliphatic rings. The van der Waals surface area contributed by atoms with Crippen LogP contribution in [0.25, 0.3) is 0 Å². The van der Waals surface area contributed by atoms with Crippen molar-refractivity contribution < 1.29 is 19.1 Å². The first kappa shape index (κ1) is 16.8. The summed E-state index contributed by atoms with van der Waals surface area (Å²) in [5.74, 6) is 0.545. The van der Waals surface area contributed by atoms with Gasteiger partial charge in [0.25, 0.3) is 0 Å². The van der Waals surface area contributed by atoms with Gasteiger partial charge in [-0.1, -0.05) is 15.9 Å². The third kappa shape index (κ3) is 3.24. The highest BCUT2D eigenvalue weighted by Gasteiger charge is 2.42. The number of likely N-dealkylation sites (tertiary alicyclic amines) is 1. The Hall–Kier alpha value is -2.09. The Morgan fingerprint density at radius 1 is 1.38 bits per heavy atom. The lowest BCUT2D eigenvalue weighted by atomic mass is 10.0. The minimum Gasteiger partial charge on any atom is -0.496 e. The zero-order valence-electron chi connectivity index (χ0n) is 13.3. The smallest absolute Gasteiger partial charge is 0.324 e. The Morgan fingerprint density at radius 3 is 2.75 bits per heavy atom. The number of nitrogens with one attached hydrogen (secondary N) is 1. The fourth-order valence-electron chi connectivity index (χ4n) is 2.97. The van der Waals surface area contributed by atoms with Gasteiger partial charge in [0.15, 0.2) is 0 Å². The molecule has 2 aliphatic heterocycles. The number of ether oxygens (including phenoxy) is 1. The van der Waals surface area contributed by atoms with Crippen LogP contribution in [0.15, 0.2) is 22.7 Å². The standard InChI is InChI=1S/C16H18BrN3O4/c1-24-13-4-3-11(17)6-10(13)2-5-14(21)19-8-12(9-19)20-15(22)7-18-16(20)23/h3-4,6,12H,2,5,7-9H2,1H3,(H,18,23).